The molecule has 6 nitrogen and oxygen atoms in total. The normalized spacial score (nSPS) is 12.2. The molecule has 0 amide bonds. The Morgan fingerprint density at radius 3 is 2.23 bits per heavy atom. The summed E-state index contributed by atoms with van der Waals surface area (Å²) in [5.74, 6) is -1.39. The molecule has 1 atom stereocenters. The van der Waals surface area contributed by atoms with Gasteiger partial charge in [0, 0.05) is 16.1 Å². The van der Waals surface area contributed by atoms with E-state index in [1.807, 2.05) is 0 Å². The molecule has 3 rings (SSSR count). The molecule has 0 bridgehead atoms. The molecule has 3 aromatic rings. The molecule has 9 heteroatoms. The molecule has 0 aliphatic rings. The zero-order valence-corrected chi connectivity index (χ0v) is 17.7. The topological polar surface area (TPSA) is 89.5 Å². The number of halogens is 1. The first-order valence-electron chi connectivity index (χ1n) is 8.81. The van der Waals surface area contributed by atoms with Crippen molar-refractivity contribution in [2.45, 2.75) is 13.0 Å². The number of ketones is 1. The summed E-state index contributed by atoms with van der Waals surface area (Å²) in [5.41, 5.74) is 1.38. The summed E-state index contributed by atoms with van der Waals surface area (Å²) < 4.78 is 43.1. The van der Waals surface area contributed by atoms with Crippen molar-refractivity contribution in [2.75, 3.05) is 11.0 Å². The van der Waals surface area contributed by atoms with Gasteiger partial charge in [-0.05, 0) is 61.0 Å². The lowest BCUT2D eigenvalue weighted by molar-refractivity contribution is 0.0323. The number of Topliss-reactive ketones (excluding diaryl/α,β-unsaturated/α-hetero) is 1. The van der Waals surface area contributed by atoms with Crippen LogP contribution in [0.5, 0.6) is 0 Å². The van der Waals surface area contributed by atoms with Crippen LogP contribution < -0.4 is 4.72 Å². The zero-order valence-electron chi connectivity index (χ0n) is 16.1. The second-order valence-corrected chi connectivity index (χ2v) is 9.37. The van der Waals surface area contributed by atoms with E-state index in [1.54, 1.807) is 24.3 Å². The molecule has 1 unspecified atom stereocenters. The summed E-state index contributed by atoms with van der Waals surface area (Å²) in [6.45, 7) is 1.47. The Labute approximate surface area is 177 Å². The van der Waals surface area contributed by atoms with Gasteiger partial charge in [-0.25, -0.2) is 17.6 Å². The van der Waals surface area contributed by atoms with Crippen molar-refractivity contribution in [3.05, 3.63) is 76.9 Å². The maximum Gasteiger partial charge on any atom is 0.349 e. The molecule has 30 heavy (non-hydrogen) atoms. The molecular formula is C21H18FNO5S2. The van der Waals surface area contributed by atoms with Gasteiger partial charge in [-0.3, -0.25) is 9.52 Å². The minimum atomic E-state index is -3.42. The van der Waals surface area contributed by atoms with Crippen LogP contribution >= 0.6 is 11.3 Å². The van der Waals surface area contributed by atoms with Gasteiger partial charge in [-0.15, -0.1) is 11.3 Å². The molecule has 1 heterocycles. The summed E-state index contributed by atoms with van der Waals surface area (Å²) in [6.07, 6.45) is 0.00206. The summed E-state index contributed by atoms with van der Waals surface area (Å²) in [7, 11) is -3.42. The van der Waals surface area contributed by atoms with Gasteiger partial charge in [0.1, 0.15) is 10.7 Å². The van der Waals surface area contributed by atoms with Gasteiger partial charge in [0.15, 0.2) is 6.10 Å². The number of esters is 1. The Kier molecular flexibility index (Phi) is 6.33. The van der Waals surface area contributed by atoms with E-state index in [9.17, 15) is 22.4 Å². The Morgan fingerprint density at radius 2 is 1.63 bits per heavy atom. The minimum Gasteiger partial charge on any atom is -0.450 e. The molecule has 0 saturated heterocycles. The van der Waals surface area contributed by atoms with Gasteiger partial charge in [0.25, 0.3) is 0 Å². The van der Waals surface area contributed by atoms with E-state index in [1.165, 1.54) is 54.7 Å². The lowest BCUT2D eigenvalue weighted by Crippen LogP contribution is -2.24. The largest absolute Gasteiger partial charge is 0.450 e. The number of ether oxygens (including phenoxy) is 1. The van der Waals surface area contributed by atoms with E-state index < -0.39 is 27.9 Å². The van der Waals surface area contributed by atoms with Crippen molar-refractivity contribution >= 4 is 38.8 Å². The summed E-state index contributed by atoms with van der Waals surface area (Å²) >= 11 is 1.18. The van der Waals surface area contributed by atoms with Crippen LogP contribution in [0.2, 0.25) is 0 Å². The van der Waals surface area contributed by atoms with Crippen LogP contribution in [0.3, 0.4) is 0 Å². The second-order valence-electron chi connectivity index (χ2n) is 6.53. The van der Waals surface area contributed by atoms with Crippen molar-refractivity contribution < 1.29 is 27.1 Å². The van der Waals surface area contributed by atoms with Gasteiger partial charge in [0.05, 0.1) is 6.26 Å². The van der Waals surface area contributed by atoms with Crippen molar-refractivity contribution in [3.63, 3.8) is 0 Å². The third-order valence-electron chi connectivity index (χ3n) is 4.06. The van der Waals surface area contributed by atoms with E-state index in [-0.39, 0.29) is 11.4 Å². The number of rotatable bonds is 7. The van der Waals surface area contributed by atoms with Crippen LogP contribution in [0, 0.1) is 5.82 Å². The van der Waals surface area contributed by atoms with Gasteiger partial charge >= 0.3 is 5.97 Å². The molecular weight excluding hydrogens is 429 g/mol. The van der Waals surface area contributed by atoms with E-state index in [0.717, 1.165) is 16.7 Å². The number of hydrogen-bond acceptors (Lipinski definition) is 6. The lowest BCUT2D eigenvalue weighted by Gasteiger charge is -2.12. The highest BCUT2D eigenvalue weighted by Crippen LogP contribution is 2.29. The zero-order chi connectivity index (χ0) is 21.9. The number of carbonyl (C=O) groups excluding carboxylic acids is 2. The predicted octanol–water partition coefficient (Wildman–Crippen LogP) is 4.35. The second kappa shape index (κ2) is 8.76. The quantitative estimate of drug-likeness (QED) is 0.430. The van der Waals surface area contributed by atoms with Crippen LogP contribution in [-0.4, -0.2) is 32.5 Å². The highest BCUT2D eigenvalue weighted by molar-refractivity contribution is 7.92. The van der Waals surface area contributed by atoms with Crippen LogP contribution in [0.15, 0.2) is 60.7 Å². The van der Waals surface area contributed by atoms with Gasteiger partial charge in [-0.2, -0.15) is 0 Å². The average Bonchev–Trinajstić information content (AvgIpc) is 3.17. The van der Waals surface area contributed by atoms with Crippen LogP contribution in [0.25, 0.3) is 10.4 Å². The summed E-state index contributed by atoms with van der Waals surface area (Å²) in [5, 5.41) is 0. The third-order valence-corrected chi connectivity index (χ3v) is 5.78. The summed E-state index contributed by atoms with van der Waals surface area (Å²) in [6, 6.07) is 15.1. The van der Waals surface area contributed by atoms with Crippen LogP contribution in [0.4, 0.5) is 10.1 Å². The number of anilines is 1. The molecule has 1 N–H and O–H groups in total. The molecule has 0 aliphatic carbocycles. The average molecular weight is 448 g/mol. The molecule has 0 spiro atoms. The van der Waals surface area contributed by atoms with E-state index >= 15 is 0 Å². The van der Waals surface area contributed by atoms with Crippen molar-refractivity contribution in [1.29, 1.82) is 0 Å². The Balaban J connectivity index is 1.65. The fourth-order valence-corrected chi connectivity index (χ4v) is 4.10. The number of carbonyl (C=O) groups is 2. The molecule has 0 aliphatic heterocycles. The summed E-state index contributed by atoms with van der Waals surface area (Å²) in [4.78, 5) is 26.0. The molecule has 0 radical (unpaired) electrons. The minimum absolute atomic E-state index is 0.285. The van der Waals surface area contributed by atoms with E-state index in [4.69, 9.17) is 4.74 Å². The Hall–Kier alpha value is -3.04. The van der Waals surface area contributed by atoms with Crippen molar-refractivity contribution in [2.24, 2.45) is 0 Å². The van der Waals surface area contributed by atoms with Crippen molar-refractivity contribution in [1.82, 2.24) is 0 Å². The van der Waals surface area contributed by atoms with Gasteiger partial charge in [-0.1, -0.05) is 12.1 Å². The SMILES string of the molecule is CC(OC(=O)c1ccc(-c2ccc(F)cc2)s1)C(=O)c1ccc(NS(C)(=O)=O)cc1. The predicted molar refractivity (Wildman–Crippen MR) is 114 cm³/mol. The fourth-order valence-electron chi connectivity index (χ4n) is 2.64. The number of benzene rings is 2. The van der Waals surface area contributed by atoms with E-state index in [0.29, 0.717) is 10.6 Å². The number of sulfonamides is 1. The maximum absolute atomic E-state index is 13.1. The fraction of sp³-hybridized carbons (Fsp3) is 0.143. The van der Waals surface area contributed by atoms with Gasteiger partial charge < -0.3 is 4.74 Å². The third kappa shape index (κ3) is 5.52. The smallest absolute Gasteiger partial charge is 0.349 e. The lowest BCUT2D eigenvalue weighted by atomic mass is 10.1. The van der Waals surface area contributed by atoms with E-state index in [2.05, 4.69) is 4.72 Å². The number of hydrogen-bond donors (Lipinski definition) is 1. The standard InChI is InChI=1S/C21H18FNO5S2/c1-13(20(24)15-5-9-17(10-6-15)23-30(2,26)27)28-21(25)19-12-11-18(29-19)14-3-7-16(22)8-4-14/h3-13,23H,1-2H3. The first-order chi connectivity index (χ1) is 14.1. The van der Waals surface area contributed by atoms with Crippen LogP contribution in [-0.2, 0) is 14.8 Å². The molecule has 156 valence electrons. The molecule has 2 aromatic carbocycles. The maximum atomic E-state index is 13.1. The molecule has 0 saturated carbocycles. The van der Waals surface area contributed by atoms with Gasteiger partial charge in [0.2, 0.25) is 15.8 Å². The number of nitrogens with one attached hydrogen (secondary N) is 1. The molecule has 1 aromatic heterocycles. The monoisotopic (exact) mass is 447 g/mol. The Bertz CT molecular complexity index is 1170. The van der Waals surface area contributed by atoms with Crippen molar-refractivity contribution in [3.8, 4) is 10.4 Å². The first-order valence-corrected chi connectivity index (χ1v) is 11.5. The highest BCUT2D eigenvalue weighted by atomic mass is 32.2. The van der Waals surface area contributed by atoms with Crippen LogP contribution in [0.1, 0.15) is 27.0 Å². The first kappa shape index (κ1) is 21.7. The highest BCUT2D eigenvalue weighted by Gasteiger charge is 2.21. The Morgan fingerprint density at radius 1 is 1.00 bits per heavy atom. The number of thiophene rings is 1. The molecule has 0 fully saturated rings.